The highest BCUT2D eigenvalue weighted by atomic mass is 79.9. The Hall–Kier alpha value is -1.46. The van der Waals surface area contributed by atoms with Gasteiger partial charge in [0.2, 0.25) is 0 Å². The van der Waals surface area contributed by atoms with Crippen LogP contribution in [0.25, 0.3) is 11.3 Å². The molecule has 0 fully saturated rings. The van der Waals surface area contributed by atoms with Crippen molar-refractivity contribution in [2.75, 3.05) is 19.5 Å². The lowest BCUT2D eigenvalue weighted by molar-refractivity contribution is 0.112. The zero-order valence-electron chi connectivity index (χ0n) is 11.1. The Morgan fingerprint density at radius 2 is 1.89 bits per heavy atom. The summed E-state index contributed by atoms with van der Waals surface area (Å²) >= 11 is 3.56. The third-order valence-corrected chi connectivity index (χ3v) is 3.62. The summed E-state index contributed by atoms with van der Waals surface area (Å²) < 4.78 is 6.15. The van der Waals surface area contributed by atoms with Crippen LogP contribution in [0.2, 0.25) is 0 Å². The van der Waals surface area contributed by atoms with Crippen molar-refractivity contribution >= 4 is 21.7 Å². The molecular weight excluding hydrogens is 306 g/mol. The summed E-state index contributed by atoms with van der Waals surface area (Å²) in [7, 11) is 3.49. The molecule has 1 N–H and O–H groups in total. The molecule has 1 heterocycles. The Balaban J connectivity index is 2.59. The normalized spacial score (nSPS) is 12.2. The molecule has 0 bridgehead atoms. The first-order valence-electron chi connectivity index (χ1n) is 6.00. The molecule has 5 heteroatoms. The summed E-state index contributed by atoms with van der Waals surface area (Å²) in [4.78, 5) is 9.05. The Labute approximate surface area is 121 Å². The van der Waals surface area contributed by atoms with Crippen LogP contribution in [-0.2, 0) is 4.74 Å². The minimum absolute atomic E-state index is 0.150. The molecule has 0 saturated heterocycles. The quantitative estimate of drug-likeness (QED) is 0.933. The highest BCUT2D eigenvalue weighted by Gasteiger charge is 2.16. The smallest absolute Gasteiger partial charge is 0.159 e. The predicted molar refractivity (Wildman–Crippen MR) is 80.1 cm³/mol. The van der Waals surface area contributed by atoms with Crippen molar-refractivity contribution in [3.63, 3.8) is 0 Å². The van der Waals surface area contributed by atoms with E-state index >= 15 is 0 Å². The third-order valence-electron chi connectivity index (χ3n) is 2.87. The van der Waals surface area contributed by atoms with Crippen LogP contribution in [-0.4, -0.2) is 24.1 Å². The minimum Gasteiger partial charge on any atom is -0.374 e. The number of nitrogens with one attached hydrogen (secondary N) is 1. The zero-order chi connectivity index (χ0) is 13.8. The number of benzene rings is 1. The van der Waals surface area contributed by atoms with E-state index in [9.17, 15) is 0 Å². The Kier molecular flexibility index (Phi) is 4.50. The highest BCUT2D eigenvalue weighted by Crippen LogP contribution is 2.32. The molecule has 1 aromatic heterocycles. The Bertz CT molecular complexity index is 560. The molecule has 0 radical (unpaired) electrons. The molecule has 1 atom stereocenters. The lowest BCUT2D eigenvalue weighted by atomic mass is 10.1. The molecule has 0 spiro atoms. The van der Waals surface area contributed by atoms with E-state index in [0.29, 0.717) is 5.82 Å². The number of aromatic nitrogens is 2. The van der Waals surface area contributed by atoms with E-state index in [2.05, 4.69) is 31.2 Å². The van der Waals surface area contributed by atoms with Gasteiger partial charge >= 0.3 is 0 Å². The van der Waals surface area contributed by atoms with Crippen LogP contribution in [0.15, 0.2) is 34.8 Å². The molecule has 4 nitrogen and oxygen atoms in total. The fourth-order valence-electron chi connectivity index (χ4n) is 1.70. The zero-order valence-corrected chi connectivity index (χ0v) is 12.7. The van der Waals surface area contributed by atoms with Gasteiger partial charge in [-0.1, -0.05) is 30.3 Å². The van der Waals surface area contributed by atoms with Gasteiger partial charge in [0, 0.05) is 19.7 Å². The number of nitrogens with zero attached hydrogens (tertiary/aromatic N) is 2. The molecule has 0 aliphatic heterocycles. The van der Waals surface area contributed by atoms with Crippen molar-refractivity contribution in [2.24, 2.45) is 0 Å². The molecule has 19 heavy (non-hydrogen) atoms. The number of hydrogen-bond donors (Lipinski definition) is 1. The summed E-state index contributed by atoms with van der Waals surface area (Å²) in [6.07, 6.45) is -0.150. The topological polar surface area (TPSA) is 47.0 Å². The Morgan fingerprint density at radius 3 is 2.47 bits per heavy atom. The second-order valence-electron chi connectivity index (χ2n) is 4.09. The summed E-state index contributed by atoms with van der Waals surface area (Å²) in [5.74, 6) is 1.42. The van der Waals surface area contributed by atoms with Crippen molar-refractivity contribution in [3.8, 4) is 11.3 Å². The second kappa shape index (κ2) is 6.12. The van der Waals surface area contributed by atoms with E-state index in [-0.39, 0.29) is 6.10 Å². The van der Waals surface area contributed by atoms with E-state index in [1.807, 2.05) is 44.3 Å². The molecule has 2 aromatic rings. The summed E-state index contributed by atoms with van der Waals surface area (Å²) in [6, 6.07) is 10.0. The first-order valence-corrected chi connectivity index (χ1v) is 6.80. The molecule has 0 saturated carbocycles. The number of anilines is 1. The van der Waals surface area contributed by atoms with Gasteiger partial charge in [0.15, 0.2) is 5.82 Å². The summed E-state index contributed by atoms with van der Waals surface area (Å²) in [5.41, 5.74) is 1.90. The van der Waals surface area contributed by atoms with Crippen molar-refractivity contribution in [1.29, 1.82) is 0 Å². The van der Waals surface area contributed by atoms with Crippen LogP contribution in [0.3, 0.4) is 0 Å². The van der Waals surface area contributed by atoms with Gasteiger partial charge in [-0.3, -0.25) is 0 Å². The van der Waals surface area contributed by atoms with Crippen LogP contribution >= 0.6 is 15.9 Å². The van der Waals surface area contributed by atoms with Crippen LogP contribution in [0.5, 0.6) is 0 Å². The molecular formula is C14H16BrN3O. The standard InChI is InChI=1S/C14H16BrN3O/c1-9(19-3)13-17-12(10-7-5-4-6-8-10)11(15)14(16-2)18-13/h4-9H,1-3H3,(H,16,17,18). The molecule has 100 valence electrons. The van der Waals surface area contributed by atoms with E-state index in [0.717, 1.165) is 21.5 Å². The SMILES string of the molecule is CNc1nc(C(C)OC)nc(-c2ccccc2)c1Br. The first-order chi connectivity index (χ1) is 9.17. The van der Waals surface area contributed by atoms with Crippen LogP contribution in [0.1, 0.15) is 18.9 Å². The van der Waals surface area contributed by atoms with Gasteiger partial charge in [0.1, 0.15) is 11.9 Å². The average molecular weight is 322 g/mol. The molecule has 1 unspecified atom stereocenters. The van der Waals surface area contributed by atoms with E-state index in [1.54, 1.807) is 7.11 Å². The highest BCUT2D eigenvalue weighted by molar-refractivity contribution is 9.10. The molecule has 1 aromatic carbocycles. The first kappa shape index (κ1) is 14.0. The molecule has 0 aliphatic rings. The summed E-state index contributed by atoms with van der Waals surface area (Å²) in [6.45, 7) is 1.93. The lowest BCUT2D eigenvalue weighted by Crippen LogP contribution is -2.07. The van der Waals surface area contributed by atoms with Crippen molar-refractivity contribution in [3.05, 3.63) is 40.6 Å². The lowest BCUT2D eigenvalue weighted by Gasteiger charge is -2.14. The Morgan fingerprint density at radius 1 is 1.21 bits per heavy atom. The molecule has 0 aliphatic carbocycles. The second-order valence-corrected chi connectivity index (χ2v) is 4.88. The van der Waals surface area contributed by atoms with Crippen molar-refractivity contribution in [1.82, 2.24) is 9.97 Å². The number of hydrogen-bond acceptors (Lipinski definition) is 4. The average Bonchev–Trinajstić information content (AvgIpc) is 2.47. The van der Waals surface area contributed by atoms with Gasteiger partial charge in [0.25, 0.3) is 0 Å². The van der Waals surface area contributed by atoms with Crippen LogP contribution in [0, 0.1) is 0 Å². The van der Waals surface area contributed by atoms with Crippen molar-refractivity contribution in [2.45, 2.75) is 13.0 Å². The molecule has 2 rings (SSSR count). The molecule has 0 amide bonds. The van der Waals surface area contributed by atoms with Gasteiger partial charge in [0.05, 0.1) is 10.2 Å². The maximum Gasteiger partial charge on any atom is 0.159 e. The monoisotopic (exact) mass is 321 g/mol. The fraction of sp³-hybridized carbons (Fsp3) is 0.286. The van der Waals surface area contributed by atoms with E-state index < -0.39 is 0 Å². The number of halogens is 1. The number of rotatable bonds is 4. The van der Waals surface area contributed by atoms with Gasteiger partial charge in [-0.25, -0.2) is 9.97 Å². The van der Waals surface area contributed by atoms with Gasteiger partial charge in [-0.05, 0) is 22.9 Å². The summed E-state index contributed by atoms with van der Waals surface area (Å²) in [5, 5.41) is 3.07. The van der Waals surface area contributed by atoms with Gasteiger partial charge in [-0.15, -0.1) is 0 Å². The number of ether oxygens (including phenoxy) is 1. The van der Waals surface area contributed by atoms with Gasteiger partial charge < -0.3 is 10.1 Å². The predicted octanol–water partition coefficient (Wildman–Crippen LogP) is 3.66. The maximum absolute atomic E-state index is 5.30. The number of methoxy groups -OCH3 is 1. The largest absolute Gasteiger partial charge is 0.374 e. The van der Waals surface area contributed by atoms with Gasteiger partial charge in [-0.2, -0.15) is 0 Å². The fourth-order valence-corrected chi connectivity index (χ4v) is 2.31. The maximum atomic E-state index is 5.30. The van der Waals surface area contributed by atoms with Crippen LogP contribution in [0.4, 0.5) is 5.82 Å². The minimum atomic E-state index is -0.150. The van der Waals surface area contributed by atoms with Crippen molar-refractivity contribution < 1.29 is 4.74 Å². The third kappa shape index (κ3) is 2.93. The van der Waals surface area contributed by atoms with Crippen LogP contribution < -0.4 is 5.32 Å². The van der Waals surface area contributed by atoms with E-state index in [1.165, 1.54) is 0 Å². The van der Waals surface area contributed by atoms with E-state index in [4.69, 9.17) is 4.74 Å².